The second-order valence-corrected chi connectivity index (χ2v) is 4.22. The summed E-state index contributed by atoms with van der Waals surface area (Å²) in [5.74, 6) is 1.05. The summed E-state index contributed by atoms with van der Waals surface area (Å²) in [7, 11) is 0. The largest absolute Gasteiger partial charge is 0.382 e. The first-order valence-corrected chi connectivity index (χ1v) is 5.39. The van der Waals surface area contributed by atoms with Crippen LogP contribution in [-0.4, -0.2) is 20.1 Å². The maximum absolute atomic E-state index is 6.10. The minimum absolute atomic E-state index is 0. The number of hydrogen-bond acceptors (Lipinski definition) is 7. The van der Waals surface area contributed by atoms with Crippen LogP contribution < -0.4 is 11.5 Å². The second kappa shape index (κ2) is 4.51. The Morgan fingerprint density at radius 2 is 1.94 bits per heavy atom. The molecule has 2 aromatic heterocycles. The average molecular weight is 269 g/mol. The van der Waals surface area contributed by atoms with E-state index in [9.17, 15) is 0 Å². The third kappa shape index (κ3) is 1.91. The predicted molar refractivity (Wildman–Crippen MR) is 66.7 cm³/mol. The van der Waals surface area contributed by atoms with Crippen molar-refractivity contribution >= 4 is 18.2 Å². The molecule has 4 N–H and O–H groups in total. The normalized spacial score (nSPS) is 16.7. The highest BCUT2D eigenvalue weighted by Gasteiger charge is 2.39. The molecular weight excluding hydrogens is 256 g/mol. The van der Waals surface area contributed by atoms with Gasteiger partial charge in [-0.1, -0.05) is 5.16 Å². The van der Waals surface area contributed by atoms with E-state index in [1.807, 2.05) is 0 Å². The molecule has 0 aromatic carbocycles. The van der Waals surface area contributed by atoms with Gasteiger partial charge >= 0.3 is 0 Å². The van der Waals surface area contributed by atoms with Gasteiger partial charge in [0.25, 0.3) is 5.89 Å². The Bertz CT molecular complexity index is 553. The van der Waals surface area contributed by atoms with Crippen LogP contribution in [0.5, 0.6) is 0 Å². The number of hydrogen-bond donors (Lipinski definition) is 2. The minimum Gasteiger partial charge on any atom is -0.382 e. The SMILES string of the molecule is Cl.Nc1nccnc1-c1nc(C2(N)CCC2)no1. The molecule has 2 aromatic rings. The van der Waals surface area contributed by atoms with Gasteiger partial charge in [-0.15, -0.1) is 12.4 Å². The van der Waals surface area contributed by atoms with Crippen LogP contribution in [0.25, 0.3) is 11.6 Å². The lowest BCUT2D eigenvalue weighted by Gasteiger charge is -2.34. The molecule has 18 heavy (non-hydrogen) atoms. The molecule has 96 valence electrons. The summed E-state index contributed by atoms with van der Waals surface area (Å²) >= 11 is 0. The summed E-state index contributed by atoms with van der Waals surface area (Å²) in [5.41, 5.74) is 11.7. The van der Waals surface area contributed by atoms with Crippen LogP contribution in [0.2, 0.25) is 0 Å². The van der Waals surface area contributed by atoms with Gasteiger partial charge in [0.05, 0.1) is 5.54 Å². The van der Waals surface area contributed by atoms with Gasteiger partial charge in [0.2, 0.25) is 0 Å². The molecule has 8 heteroatoms. The average Bonchev–Trinajstić information content (AvgIpc) is 2.76. The first-order chi connectivity index (χ1) is 8.19. The van der Waals surface area contributed by atoms with Gasteiger partial charge < -0.3 is 16.0 Å². The van der Waals surface area contributed by atoms with Crippen molar-refractivity contribution < 1.29 is 4.52 Å². The smallest absolute Gasteiger partial charge is 0.280 e. The fourth-order valence-corrected chi connectivity index (χ4v) is 1.82. The van der Waals surface area contributed by atoms with Crippen LogP contribution in [0, 0.1) is 0 Å². The number of halogens is 1. The molecule has 2 heterocycles. The second-order valence-electron chi connectivity index (χ2n) is 4.22. The minimum atomic E-state index is -0.446. The number of rotatable bonds is 2. The van der Waals surface area contributed by atoms with E-state index in [1.165, 1.54) is 12.4 Å². The summed E-state index contributed by atoms with van der Waals surface area (Å²) in [6.07, 6.45) is 5.88. The molecule has 3 rings (SSSR count). The predicted octanol–water partition coefficient (Wildman–Crippen LogP) is 0.868. The molecule has 1 aliphatic carbocycles. The first-order valence-electron chi connectivity index (χ1n) is 5.39. The quantitative estimate of drug-likeness (QED) is 0.830. The van der Waals surface area contributed by atoms with Crippen LogP contribution in [0.15, 0.2) is 16.9 Å². The maximum atomic E-state index is 6.10. The zero-order valence-electron chi connectivity index (χ0n) is 9.54. The van der Waals surface area contributed by atoms with Crippen LogP contribution in [0.4, 0.5) is 5.82 Å². The molecule has 0 bridgehead atoms. The van der Waals surface area contributed by atoms with E-state index < -0.39 is 5.54 Å². The Morgan fingerprint density at radius 1 is 1.22 bits per heavy atom. The van der Waals surface area contributed by atoms with Crippen LogP contribution in [0.3, 0.4) is 0 Å². The topological polar surface area (TPSA) is 117 Å². The monoisotopic (exact) mass is 268 g/mol. The zero-order valence-corrected chi connectivity index (χ0v) is 10.4. The Hall–Kier alpha value is -1.73. The van der Waals surface area contributed by atoms with Crippen molar-refractivity contribution in [1.29, 1.82) is 0 Å². The van der Waals surface area contributed by atoms with Crippen molar-refractivity contribution in [2.45, 2.75) is 24.8 Å². The van der Waals surface area contributed by atoms with E-state index in [0.29, 0.717) is 11.5 Å². The first kappa shape index (κ1) is 12.7. The molecule has 0 spiro atoms. The zero-order chi connectivity index (χ0) is 11.9. The molecule has 1 saturated carbocycles. The van der Waals surface area contributed by atoms with Crippen molar-refractivity contribution in [3.8, 4) is 11.6 Å². The van der Waals surface area contributed by atoms with Crippen LogP contribution >= 0.6 is 12.4 Å². The lowest BCUT2D eigenvalue weighted by Crippen LogP contribution is -2.44. The van der Waals surface area contributed by atoms with Gasteiger partial charge in [-0.05, 0) is 19.3 Å². The summed E-state index contributed by atoms with van der Waals surface area (Å²) in [6, 6.07) is 0. The van der Waals surface area contributed by atoms with E-state index in [-0.39, 0.29) is 24.1 Å². The van der Waals surface area contributed by atoms with Crippen molar-refractivity contribution in [3.05, 3.63) is 18.2 Å². The van der Waals surface area contributed by atoms with Crippen molar-refractivity contribution in [1.82, 2.24) is 20.1 Å². The molecular formula is C10H13ClN6O. The van der Waals surface area contributed by atoms with E-state index in [2.05, 4.69) is 20.1 Å². The number of anilines is 1. The third-order valence-electron chi connectivity index (χ3n) is 3.05. The summed E-state index contributed by atoms with van der Waals surface area (Å²) in [4.78, 5) is 12.2. The fourth-order valence-electron chi connectivity index (χ4n) is 1.82. The molecule has 0 unspecified atom stereocenters. The molecule has 0 atom stereocenters. The van der Waals surface area contributed by atoms with Crippen LogP contribution in [0.1, 0.15) is 25.1 Å². The van der Waals surface area contributed by atoms with Crippen molar-refractivity contribution in [3.63, 3.8) is 0 Å². The Kier molecular flexibility index (Phi) is 3.18. The van der Waals surface area contributed by atoms with E-state index in [1.54, 1.807) is 0 Å². The number of nitrogens with zero attached hydrogens (tertiary/aromatic N) is 4. The highest BCUT2D eigenvalue weighted by atomic mass is 35.5. The van der Waals surface area contributed by atoms with Gasteiger partial charge in [-0.25, -0.2) is 9.97 Å². The Labute approximate surface area is 109 Å². The summed E-state index contributed by atoms with van der Waals surface area (Å²) < 4.78 is 5.13. The van der Waals surface area contributed by atoms with Gasteiger partial charge in [0, 0.05) is 12.4 Å². The van der Waals surface area contributed by atoms with Crippen molar-refractivity contribution in [2.24, 2.45) is 5.73 Å². The Morgan fingerprint density at radius 3 is 2.56 bits per heavy atom. The van der Waals surface area contributed by atoms with Gasteiger partial charge in [-0.2, -0.15) is 4.98 Å². The fraction of sp³-hybridized carbons (Fsp3) is 0.400. The number of nitrogens with two attached hydrogens (primary N) is 2. The highest BCUT2D eigenvalue weighted by molar-refractivity contribution is 5.85. The third-order valence-corrected chi connectivity index (χ3v) is 3.05. The summed E-state index contributed by atoms with van der Waals surface area (Å²) in [5, 5.41) is 3.89. The molecule has 1 fully saturated rings. The lowest BCUT2D eigenvalue weighted by molar-refractivity contribution is 0.229. The van der Waals surface area contributed by atoms with Crippen LogP contribution in [-0.2, 0) is 5.54 Å². The molecule has 7 nitrogen and oxygen atoms in total. The van der Waals surface area contributed by atoms with Crippen molar-refractivity contribution in [2.75, 3.05) is 5.73 Å². The van der Waals surface area contributed by atoms with Gasteiger partial charge in [-0.3, -0.25) is 0 Å². The molecule has 0 radical (unpaired) electrons. The van der Waals surface area contributed by atoms with Gasteiger partial charge in [0.1, 0.15) is 0 Å². The number of aromatic nitrogens is 4. The summed E-state index contributed by atoms with van der Waals surface area (Å²) in [6.45, 7) is 0. The number of nitrogen functional groups attached to an aromatic ring is 1. The van der Waals surface area contributed by atoms with E-state index >= 15 is 0 Å². The maximum Gasteiger partial charge on any atom is 0.280 e. The van der Waals surface area contributed by atoms with E-state index in [4.69, 9.17) is 16.0 Å². The molecule has 1 aliphatic rings. The van der Waals surface area contributed by atoms with Gasteiger partial charge in [0.15, 0.2) is 17.3 Å². The lowest BCUT2D eigenvalue weighted by atomic mass is 9.77. The molecule has 0 saturated heterocycles. The van der Waals surface area contributed by atoms with E-state index in [0.717, 1.165) is 19.3 Å². The standard InChI is InChI=1S/C10H12N6O.ClH/c11-7-6(13-4-5-14-7)8-15-9(16-17-8)10(12)2-1-3-10;/h4-5H,1-3,12H2,(H2,11,14);1H. The Balaban J connectivity index is 0.00000120. The highest BCUT2D eigenvalue weighted by Crippen LogP contribution is 2.37. The molecule has 0 amide bonds. The molecule has 0 aliphatic heterocycles.